The fourth-order valence-corrected chi connectivity index (χ4v) is 3.16. The Morgan fingerprint density at radius 2 is 1.97 bits per heavy atom. The highest BCUT2D eigenvalue weighted by molar-refractivity contribution is 6.00. The van der Waals surface area contributed by atoms with E-state index in [0.717, 1.165) is 22.3 Å². The molecule has 0 bridgehead atoms. The van der Waals surface area contributed by atoms with Gasteiger partial charge < -0.3 is 10.6 Å². The van der Waals surface area contributed by atoms with E-state index in [9.17, 15) is 9.18 Å². The van der Waals surface area contributed by atoms with Gasteiger partial charge in [-0.05, 0) is 36.4 Å². The van der Waals surface area contributed by atoms with E-state index >= 15 is 0 Å². The van der Waals surface area contributed by atoms with E-state index in [4.69, 9.17) is 0 Å². The Bertz CT molecular complexity index is 1200. The van der Waals surface area contributed by atoms with Gasteiger partial charge in [-0.3, -0.25) is 5.10 Å². The number of urea groups is 1. The zero-order chi connectivity index (χ0) is 21.3. The highest BCUT2D eigenvalue weighted by Crippen LogP contribution is 2.24. The van der Waals surface area contributed by atoms with Gasteiger partial charge in [-0.25, -0.2) is 13.9 Å². The number of benzene rings is 2. The molecule has 8 heteroatoms. The molecule has 2 heterocycles. The molecule has 2 aromatic heterocycles. The Balaban J connectivity index is 1.55. The fraction of sp³-hybridized carbons (Fsp3) is 0.227. The van der Waals surface area contributed by atoms with E-state index in [1.165, 1.54) is 12.1 Å². The van der Waals surface area contributed by atoms with Gasteiger partial charge in [0.1, 0.15) is 5.82 Å². The fourth-order valence-electron chi connectivity index (χ4n) is 3.16. The summed E-state index contributed by atoms with van der Waals surface area (Å²) in [5.41, 5.74) is 3.52. The number of H-pyrrole nitrogens is 1. The minimum atomic E-state index is -0.354. The summed E-state index contributed by atoms with van der Waals surface area (Å²) in [6.07, 6.45) is 1.67. The Kier molecular flexibility index (Phi) is 4.99. The zero-order valence-electron chi connectivity index (χ0n) is 17.0. The zero-order valence-corrected chi connectivity index (χ0v) is 17.0. The molecule has 3 N–H and O–H groups in total. The van der Waals surface area contributed by atoms with Crippen molar-refractivity contribution in [3.8, 4) is 5.69 Å². The van der Waals surface area contributed by atoms with Crippen molar-refractivity contribution in [2.45, 2.75) is 32.7 Å². The van der Waals surface area contributed by atoms with E-state index in [1.54, 1.807) is 23.0 Å². The summed E-state index contributed by atoms with van der Waals surface area (Å²) in [6, 6.07) is 13.3. The van der Waals surface area contributed by atoms with Crippen LogP contribution in [0.25, 0.3) is 16.6 Å². The molecule has 2 amide bonds. The molecule has 0 aliphatic carbocycles. The monoisotopic (exact) mass is 406 g/mol. The highest BCUT2D eigenvalue weighted by Gasteiger charge is 2.21. The first-order valence-corrected chi connectivity index (χ1v) is 9.63. The number of aromatic amines is 1. The van der Waals surface area contributed by atoms with Gasteiger partial charge in [0, 0.05) is 10.8 Å². The number of rotatable bonds is 4. The summed E-state index contributed by atoms with van der Waals surface area (Å²) in [4.78, 5) is 12.5. The van der Waals surface area contributed by atoms with Crippen LogP contribution in [0.4, 0.5) is 14.9 Å². The van der Waals surface area contributed by atoms with E-state index in [-0.39, 0.29) is 23.8 Å². The van der Waals surface area contributed by atoms with E-state index in [1.807, 2.05) is 24.3 Å². The molecule has 0 unspecified atom stereocenters. The Labute approximate surface area is 173 Å². The number of aromatic nitrogens is 4. The summed E-state index contributed by atoms with van der Waals surface area (Å²) in [5, 5.41) is 18.1. The molecule has 30 heavy (non-hydrogen) atoms. The number of amides is 2. The molecule has 2 aromatic carbocycles. The lowest BCUT2D eigenvalue weighted by Gasteiger charge is -2.14. The Morgan fingerprint density at radius 1 is 1.17 bits per heavy atom. The average molecular weight is 406 g/mol. The van der Waals surface area contributed by atoms with Gasteiger partial charge in [-0.2, -0.15) is 10.2 Å². The smallest absolute Gasteiger partial charge is 0.319 e. The maximum Gasteiger partial charge on any atom is 0.319 e. The number of fused-ring (bicyclic) bond motifs is 1. The second kappa shape index (κ2) is 7.62. The third-order valence-corrected chi connectivity index (χ3v) is 4.77. The molecule has 0 saturated heterocycles. The molecule has 0 radical (unpaired) electrons. The average Bonchev–Trinajstić information content (AvgIpc) is 3.34. The van der Waals surface area contributed by atoms with Crippen molar-refractivity contribution in [1.82, 2.24) is 25.3 Å². The lowest BCUT2D eigenvalue weighted by molar-refractivity contribution is 0.251. The first kappa shape index (κ1) is 19.6. The number of carbonyl (C=O) groups is 1. The molecule has 154 valence electrons. The molecule has 4 aromatic rings. The van der Waals surface area contributed by atoms with Crippen LogP contribution in [0.15, 0.2) is 54.7 Å². The maximum atomic E-state index is 13.8. The van der Waals surface area contributed by atoms with Crippen molar-refractivity contribution >= 4 is 22.6 Å². The predicted octanol–water partition coefficient (Wildman–Crippen LogP) is 4.51. The molecule has 0 aliphatic heterocycles. The van der Waals surface area contributed by atoms with E-state index in [0.29, 0.717) is 11.4 Å². The number of nitrogens with zero attached hydrogens (tertiary/aromatic N) is 3. The lowest BCUT2D eigenvalue weighted by atomic mass is 9.92. The van der Waals surface area contributed by atoms with Gasteiger partial charge in [0.15, 0.2) is 0 Å². The van der Waals surface area contributed by atoms with Crippen LogP contribution >= 0.6 is 0 Å². The van der Waals surface area contributed by atoms with Gasteiger partial charge in [-0.15, -0.1) is 0 Å². The van der Waals surface area contributed by atoms with E-state index in [2.05, 4.69) is 46.7 Å². The third kappa shape index (κ3) is 4.03. The molecule has 4 rings (SSSR count). The quantitative estimate of drug-likeness (QED) is 0.466. The van der Waals surface area contributed by atoms with Crippen molar-refractivity contribution in [1.29, 1.82) is 0 Å². The molecule has 7 nitrogen and oxygen atoms in total. The van der Waals surface area contributed by atoms with Crippen LogP contribution in [-0.2, 0) is 12.0 Å². The summed E-state index contributed by atoms with van der Waals surface area (Å²) in [6.45, 7) is 6.40. The topological polar surface area (TPSA) is 87.6 Å². The molecule has 0 spiro atoms. The van der Waals surface area contributed by atoms with Crippen LogP contribution in [0.1, 0.15) is 32.2 Å². The molecule has 0 saturated carbocycles. The van der Waals surface area contributed by atoms with Crippen molar-refractivity contribution in [3.05, 3.63) is 71.9 Å². The minimum absolute atomic E-state index is 0.188. The van der Waals surface area contributed by atoms with Crippen LogP contribution in [0.3, 0.4) is 0 Å². The highest BCUT2D eigenvalue weighted by atomic mass is 19.1. The number of hydrogen-bond donors (Lipinski definition) is 3. The summed E-state index contributed by atoms with van der Waals surface area (Å²) in [5.74, 6) is -0.342. The standard InChI is InChI=1S/C22H23FN6O/c1-22(2,3)20-11-16(29(28-20)15-7-4-6-14(23)10-15)12-24-21(30)26-18-8-5-9-19-17(18)13-25-27-19/h4-11,13H,12H2,1-3H3,(H,25,27)(H2,24,26,30). The number of hydrogen-bond acceptors (Lipinski definition) is 3. The SMILES string of the molecule is CC(C)(C)c1cc(CNC(=O)Nc2cccc3[nH]ncc23)n(-c2cccc(F)c2)n1. The maximum absolute atomic E-state index is 13.8. The summed E-state index contributed by atoms with van der Waals surface area (Å²) < 4.78 is 15.4. The Morgan fingerprint density at radius 3 is 2.73 bits per heavy atom. The number of halogens is 1. The number of anilines is 1. The van der Waals surface area contributed by atoms with Gasteiger partial charge in [0.05, 0.1) is 41.0 Å². The van der Waals surface area contributed by atoms with Gasteiger partial charge >= 0.3 is 6.03 Å². The second-order valence-electron chi connectivity index (χ2n) is 8.11. The van der Waals surface area contributed by atoms with Gasteiger partial charge in [0.25, 0.3) is 0 Å². The van der Waals surface area contributed by atoms with Crippen molar-refractivity contribution in [2.75, 3.05) is 5.32 Å². The molecule has 0 atom stereocenters. The molecule has 0 aliphatic rings. The van der Waals surface area contributed by atoms with Crippen LogP contribution in [-0.4, -0.2) is 26.0 Å². The Hall–Kier alpha value is -3.68. The van der Waals surface area contributed by atoms with Gasteiger partial charge in [0.2, 0.25) is 0 Å². The van der Waals surface area contributed by atoms with Crippen molar-refractivity contribution in [3.63, 3.8) is 0 Å². The van der Waals surface area contributed by atoms with Crippen LogP contribution in [0, 0.1) is 5.82 Å². The number of carbonyl (C=O) groups excluding carboxylic acids is 1. The van der Waals surface area contributed by atoms with Crippen LogP contribution in [0.2, 0.25) is 0 Å². The lowest BCUT2D eigenvalue weighted by Crippen LogP contribution is -2.29. The third-order valence-electron chi connectivity index (χ3n) is 4.77. The summed E-state index contributed by atoms with van der Waals surface area (Å²) >= 11 is 0. The van der Waals surface area contributed by atoms with E-state index < -0.39 is 0 Å². The number of nitrogens with one attached hydrogen (secondary N) is 3. The predicted molar refractivity (Wildman–Crippen MR) is 114 cm³/mol. The van der Waals surface area contributed by atoms with Crippen molar-refractivity contribution in [2.24, 2.45) is 0 Å². The largest absolute Gasteiger partial charge is 0.332 e. The van der Waals surface area contributed by atoms with Crippen LogP contribution in [0.5, 0.6) is 0 Å². The van der Waals surface area contributed by atoms with Crippen LogP contribution < -0.4 is 10.6 Å². The normalized spacial score (nSPS) is 11.6. The molecular formula is C22H23FN6O. The molecule has 0 fully saturated rings. The first-order valence-electron chi connectivity index (χ1n) is 9.63. The van der Waals surface area contributed by atoms with Gasteiger partial charge in [-0.1, -0.05) is 32.9 Å². The van der Waals surface area contributed by atoms with Crippen molar-refractivity contribution < 1.29 is 9.18 Å². The minimum Gasteiger partial charge on any atom is -0.332 e. The first-order chi connectivity index (χ1) is 14.3. The summed E-state index contributed by atoms with van der Waals surface area (Å²) in [7, 11) is 0. The second-order valence-corrected chi connectivity index (χ2v) is 8.11. The molecular weight excluding hydrogens is 383 g/mol.